The van der Waals surface area contributed by atoms with Gasteiger partial charge in [0.1, 0.15) is 0 Å². The Balaban J connectivity index is 3.63. The molecule has 0 fully saturated rings. The fraction of sp³-hybridized carbons (Fsp3) is 0.667. The van der Waals surface area contributed by atoms with Crippen molar-refractivity contribution in [2.75, 3.05) is 6.54 Å². The Bertz CT molecular complexity index is 140. The molecule has 1 unspecified atom stereocenters. The van der Waals surface area contributed by atoms with E-state index in [1.165, 1.54) is 0 Å². The minimum atomic E-state index is 0.103. The molecule has 2 nitrogen and oxygen atoms in total. The molecular weight excluding hydrogens is 138 g/mol. The topological polar surface area (TPSA) is 29.1 Å². The Labute approximate surface area is 68.7 Å². The van der Waals surface area contributed by atoms with Crippen LogP contribution in [0.4, 0.5) is 0 Å². The van der Waals surface area contributed by atoms with Gasteiger partial charge in [-0.15, -0.1) is 0 Å². The van der Waals surface area contributed by atoms with Crippen molar-refractivity contribution in [2.45, 2.75) is 27.2 Å². The minimum Gasteiger partial charge on any atom is -0.356 e. The SMILES string of the molecule is C/C=C\CC(C)C(=O)NCC. The molecule has 64 valence electrons. The van der Waals surface area contributed by atoms with Gasteiger partial charge in [-0.3, -0.25) is 4.79 Å². The zero-order valence-corrected chi connectivity index (χ0v) is 7.55. The quantitative estimate of drug-likeness (QED) is 0.615. The molecule has 11 heavy (non-hydrogen) atoms. The second kappa shape index (κ2) is 5.96. The first-order valence-electron chi connectivity index (χ1n) is 4.11. The van der Waals surface area contributed by atoms with E-state index in [0.717, 1.165) is 13.0 Å². The number of nitrogens with one attached hydrogen (secondary N) is 1. The largest absolute Gasteiger partial charge is 0.356 e. The van der Waals surface area contributed by atoms with Crippen molar-refractivity contribution in [2.24, 2.45) is 5.92 Å². The first kappa shape index (κ1) is 10.2. The molecule has 0 radical (unpaired) electrons. The van der Waals surface area contributed by atoms with Crippen LogP contribution in [0.5, 0.6) is 0 Å². The second-order valence-corrected chi connectivity index (χ2v) is 2.60. The summed E-state index contributed by atoms with van der Waals surface area (Å²) in [7, 11) is 0. The molecule has 0 saturated carbocycles. The molecule has 1 amide bonds. The van der Waals surface area contributed by atoms with E-state index in [1.54, 1.807) is 0 Å². The number of amides is 1. The van der Waals surface area contributed by atoms with Gasteiger partial charge in [0.05, 0.1) is 0 Å². The maximum atomic E-state index is 11.1. The molecule has 1 atom stereocenters. The number of carbonyl (C=O) groups is 1. The van der Waals surface area contributed by atoms with Crippen LogP contribution in [0.2, 0.25) is 0 Å². The molecule has 0 aromatic carbocycles. The average molecular weight is 155 g/mol. The molecule has 0 bridgehead atoms. The monoisotopic (exact) mass is 155 g/mol. The maximum Gasteiger partial charge on any atom is 0.223 e. The van der Waals surface area contributed by atoms with Crippen molar-refractivity contribution >= 4 is 5.91 Å². The molecule has 0 aliphatic carbocycles. The highest BCUT2D eigenvalue weighted by molar-refractivity contribution is 5.78. The van der Waals surface area contributed by atoms with Crippen LogP contribution in [-0.4, -0.2) is 12.5 Å². The van der Waals surface area contributed by atoms with Crippen molar-refractivity contribution in [1.82, 2.24) is 5.32 Å². The van der Waals surface area contributed by atoms with Crippen LogP contribution >= 0.6 is 0 Å². The summed E-state index contributed by atoms with van der Waals surface area (Å²) in [6.07, 6.45) is 4.82. The summed E-state index contributed by atoms with van der Waals surface area (Å²) in [5.74, 6) is 0.247. The van der Waals surface area contributed by atoms with Crippen LogP contribution in [0.15, 0.2) is 12.2 Å². The third-order valence-corrected chi connectivity index (χ3v) is 1.52. The lowest BCUT2D eigenvalue weighted by atomic mass is 10.1. The predicted octanol–water partition coefficient (Wildman–Crippen LogP) is 1.72. The zero-order chi connectivity index (χ0) is 8.69. The normalized spacial score (nSPS) is 13.4. The van der Waals surface area contributed by atoms with Crippen LogP contribution in [0.1, 0.15) is 27.2 Å². The van der Waals surface area contributed by atoms with Gasteiger partial charge >= 0.3 is 0 Å². The van der Waals surface area contributed by atoms with Crippen LogP contribution in [-0.2, 0) is 4.79 Å². The Morgan fingerprint density at radius 3 is 2.73 bits per heavy atom. The molecule has 0 rings (SSSR count). The molecule has 0 aliphatic rings. The molecule has 0 aromatic heterocycles. The van der Waals surface area contributed by atoms with Crippen LogP contribution in [0, 0.1) is 5.92 Å². The lowest BCUT2D eigenvalue weighted by Gasteiger charge is -2.07. The van der Waals surface area contributed by atoms with Gasteiger partial charge < -0.3 is 5.32 Å². The first-order chi connectivity index (χ1) is 5.22. The van der Waals surface area contributed by atoms with Crippen LogP contribution in [0.25, 0.3) is 0 Å². The Kier molecular flexibility index (Phi) is 5.53. The Hall–Kier alpha value is -0.790. The fourth-order valence-corrected chi connectivity index (χ4v) is 0.796. The van der Waals surface area contributed by atoms with Gasteiger partial charge in [-0.2, -0.15) is 0 Å². The lowest BCUT2D eigenvalue weighted by molar-refractivity contribution is -0.124. The van der Waals surface area contributed by atoms with Crippen molar-refractivity contribution in [1.29, 1.82) is 0 Å². The molecule has 0 aliphatic heterocycles. The smallest absolute Gasteiger partial charge is 0.223 e. The first-order valence-corrected chi connectivity index (χ1v) is 4.11. The summed E-state index contributed by atoms with van der Waals surface area (Å²) < 4.78 is 0. The highest BCUT2D eigenvalue weighted by Crippen LogP contribution is 2.01. The highest BCUT2D eigenvalue weighted by Gasteiger charge is 2.08. The molecule has 0 saturated heterocycles. The maximum absolute atomic E-state index is 11.1. The van der Waals surface area contributed by atoms with Crippen molar-refractivity contribution in [3.05, 3.63) is 12.2 Å². The van der Waals surface area contributed by atoms with E-state index in [0.29, 0.717) is 0 Å². The van der Waals surface area contributed by atoms with Crippen molar-refractivity contribution in [3.63, 3.8) is 0 Å². The van der Waals surface area contributed by atoms with Crippen LogP contribution in [0.3, 0.4) is 0 Å². The van der Waals surface area contributed by atoms with Crippen molar-refractivity contribution in [3.8, 4) is 0 Å². The van der Waals surface area contributed by atoms with E-state index in [9.17, 15) is 4.79 Å². The number of hydrogen-bond donors (Lipinski definition) is 1. The van der Waals surface area contributed by atoms with E-state index in [-0.39, 0.29) is 11.8 Å². The predicted molar refractivity (Wildman–Crippen MR) is 47.3 cm³/mol. The van der Waals surface area contributed by atoms with E-state index in [1.807, 2.05) is 32.9 Å². The second-order valence-electron chi connectivity index (χ2n) is 2.60. The third-order valence-electron chi connectivity index (χ3n) is 1.52. The molecule has 0 spiro atoms. The fourth-order valence-electron chi connectivity index (χ4n) is 0.796. The average Bonchev–Trinajstić information content (AvgIpc) is 2.00. The Morgan fingerprint density at radius 2 is 2.27 bits per heavy atom. The lowest BCUT2D eigenvalue weighted by Crippen LogP contribution is -2.28. The highest BCUT2D eigenvalue weighted by atomic mass is 16.1. The summed E-state index contributed by atoms with van der Waals surface area (Å²) in [5.41, 5.74) is 0. The third kappa shape index (κ3) is 4.59. The van der Waals surface area contributed by atoms with Gasteiger partial charge in [-0.1, -0.05) is 19.1 Å². The minimum absolute atomic E-state index is 0.103. The summed E-state index contributed by atoms with van der Waals surface area (Å²) in [6, 6.07) is 0. The molecule has 2 heteroatoms. The van der Waals surface area contributed by atoms with Gasteiger partial charge in [0.2, 0.25) is 5.91 Å². The summed E-state index contributed by atoms with van der Waals surface area (Å²) in [4.78, 5) is 11.1. The van der Waals surface area contributed by atoms with Crippen molar-refractivity contribution < 1.29 is 4.79 Å². The van der Waals surface area contributed by atoms with Gasteiger partial charge in [-0.25, -0.2) is 0 Å². The molecular formula is C9H17NO. The van der Waals surface area contributed by atoms with E-state index < -0.39 is 0 Å². The number of carbonyl (C=O) groups excluding carboxylic acids is 1. The zero-order valence-electron chi connectivity index (χ0n) is 7.55. The molecule has 0 heterocycles. The number of rotatable bonds is 4. The number of allylic oxidation sites excluding steroid dienone is 2. The van der Waals surface area contributed by atoms with Gasteiger partial charge in [-0.05, 0) is 20.3 Å². The molecule has 1 N–H and O–H groups in total. The van der Waals surface area contributed by atoms with E-state index in [2.05, 4.69) is 5.32 Å². The summed E-state index contributed by atoms with van der Waals surface area (Å²) in [6.45, 7) is 6.55. The standard InChI is InChI=1S/C9H17NO/c1-4-6-7-8(3)9(11)10-5-2/h4,6,8H,5,7H2,1-3H3,(H,10,11)/b6-4-. The number of hydrogen-bond acceptors (Lipinski definition) is 1. The summed E-state index contributed by atoms with van der Waals surface area (Å²) >= 11 is 0. The van der Waals surface area contributed by atoms with Crippen LogP contribution < -0.4 is 5.32 Å². The van der Waals surface area contributed by atoms with Gasteiger partial charge in [0.25, 0.3) is 0 Å². The van der Waals surface area contributed by atoms with E-state index in [4.69, 9.17) is 0 Å². The summed E-state index contributed by atoms with van der Waals surface area (Å²) in [5, 5.41) is 2.78. The molecule has 0 aromatic rings. The van der Waals surface area contributed by atoms with Gasteiger partial charge in [0, 0.05) is 12.5 Å². The van der Waals surface area contributed by atoms with E-state index >= 15 is 0 Å². The van der Waals surface area contributed by atoms with Gasteiger partial charge in [0.15, 0.2) is 0 Å². The Morgan fingerprint density at radius 1 is 1.64 bits per heavy atom.